The number of nitrogens with two attached hydrogens (primary N) is 1. The number of aromatic amines is 1. The van der Waals surface area contributed by atoms with Crippen LogP contribution in [0.4, 0.5) is 0 Å². The molecule has 0 saturated carbocycles. The molecule has 3 aromatic rings. The van der Waals surface area contributed by atoms with Gasteiger partial charge in [0.1, 0.15) is 5.75 Å². The average molecular weight is 376 g/mol. The Labute approximate surface area is 149 Å². The Morgan fingerprint density at radius 2 is 1.80 bits per heavy atom. The van der Waals surface area contributed by atoms with Crippen LogP contribution in [0.1, 0.15) is 0 Å². The van der Waals surface area contributed by atoms with E-state index in [1.807, 2.05) is 30.3 Å². The van der Waals surface area contributed by atoms with Gasteiger partial charge in [-0.05, 0) is 24.3 Å². The molecule has 1 heterocycles. The van der Waals surface area contributed by atoms with Crippen molar-refractivity contribution in [2.75, 3.05) is 12.4 Å². The normalized spacial score (nSPS) is 11.4. The Hall–Kier alpha value is -2.36. The molecule has 0 aliphatic carbocycles. The van der Waals surface area contributed by atoms with Crippen LogP contribution in [-0.4, -0.2) is 36.0 Å². The van der Waals surface area contributed by atoms with Gasteiger partial charge in [0, 0.05) is 11.3 Å². The number of primary sulfonamides is 1. The van der Waals surface area contributed by atoms with Gasteiger partial charge < -0.3 is 4.74 Å². The summed E-state index contributed by atoms with van der Waals surface area (Å²) in [5, 5.41) is 12.8. The van der Waals surface area contributed by atoms with Gasteiger partial charge >= 0.3 is 0 Å². The van der Waals surface area contributed by atoms with Crippen LogP contribution < -0.4 is 9.88 Å². The summed E-state index contributed by atoms with van der Waals surface area (Å²) >= 11 is 1.47. The van der Waals surface area contributed by atoms with Gasteiger partial charge in [-0.15, -0.1) is 5.10 Å². The number of sulfonamides is 1. The van der Waals surface area contributed by atoms with Crippen molar-refractivity contribution < 1.29 is 13.2 Å². The van der Waals surface area contributed by atoms with Crippen LogP contribution >= 0.6 is 11.8 Å². The van der Waals surface area contributed by atoms with Crippen molar-refractivity contribution in [2.45, 2.75) is 10.1 Å². The first-order chi connectivity index (χ1) is 12.0. The zero-order valence-corrected chi connectivity index (χ0v) is 14.8. The van der Waals surface area contributed by atoms with Crippen molar-refractivity contribution in [2.24, 2.45) is 5.14 Å². The van der Waals surface area contributed by atoms with E-state index in [9.17, 15) is 8.42 Å². The number of nitrogens with zero attached hydrogens (tertiary/aromatic N) is 2. The highest BCUT2D eigenvalue weighted by molar-refractivity contribution is 7.99. The molecule has 0 saturated heterocycles. The molecule has 130 valence electrons. The van der Waals surface area contributed by atoms with Crippen LogP contribution in [-0.2, 0) is 10.0 Å². The molecule has 0 unspecified atom stereocenters. The Kier molecular flexibility index (Phi) is 5.37. The summed E-state index contributed by atoms with van der Waals surface area (Å²) in [6, 6.07) is 15.7. The van der Waals surface area contributed by atoms with Gasteiger partial charge in [-0.25, -0.2) is 18.5 Å². The third-order valence-electron chi connectivity index (χ3n) is 3.25. The molecule has 0 aliphatic heterocycles. The topological polar surface area (TPSA) is 111 Å². The lowest BCUT2D eigenvalue weighted by Gasteiger charge is -2.05. The van der Waals surface area contributed by atoms with E-state index in [2.05, 4.69) is 15.2 Å². The lowest BCUT2D eigenvalue weighted by atomic mass is 10.2. The SMILES string of the molecule is NS(=O)(=O)c1ccc(OCCSc2n[nH]c(-c3ccccc3)n2)cc1. The van der Waals surface area contributed by atoms with Gasteiger partial charge in [-0.3, -0.25) is 5.10 Å². The fourth-order valence-corrected chi connectivity index (χ4v) is 3.18. The summed E-state index contributed by atoms with van der Waals surface area (Å²) in [7, 11) is -3.68. The van der Waals surface area contributed by atoms with E-state index in [1.165, 1.54) is 23.9 Å². The van der Waals surface area contributed by atoms with Crippen LogP contribution in [0.25, 0.3) is 11.4 Å². The van der Waals surface area contributed by atoms with Crippen molar-refractivity contribution in [3.8, 4) is 17.1 Å². The van der Waals surface area contributed by atoms with Gasteiger partial charge in [-0.1, -0.05) is 42.1 Å². The van der Waals surface area contributed by atoms with Gasteiger partial charge in [0.05, 0.1) is 11.5 Å². The molecule has 0 spiro atoms. The predicted octanol–water partition coefficient (Wildman–Crippen LogP) is 2.29. The second-order valence-corrected chi connectivity index (χ2v) is 7.67. The first-order valence-corrected chi connectivity index (χ1v) is 9.92. The second kappa shape index (κ2) is 7.68. The summed E-state index contributed by atoms with van der Waals surface area (Å²) < 4.78 is 27.9. The molecular weight excluding hydrogens is 360 g/mol. The van der Waals surface area contributed by atoms with Gasteiger partial charge in [0.15, 0.2) is 5.82 Å². The highest BCUT2D eigenvalue weighted by Crippen LogP contribution is 2.19. The zero-order valence-electron chi connectivity index (χ0n) is 13.1. The van der Waals surface area contributed by atoms with Crippen molar-refractivity contribution in [3.05, 3.63) is 54.6 Å². The minimum Gasteiger partial charge on any atom is -0.493 e. The van der Waals surface area contributed by atoms with Crippen LogP contribution in [0.3, 0.4) is 0 Å². The van der Waals surface area contributed by atoms with Crippen LogP contribution in [0, 0.1) is 0 Å². The standard InChI is InChI=1S/C16H16N4O3S2/c17-25(21,22)14-8-6-13(7-9-14)23-10-11-24-16-18-15(19-20-16)12-4-2-1-3-5-12/h1-9H,10-11H2,(H2,17,21,22)(H,18,19,20). The number of benzene rings is 2. The smallest absolute Gasteiger partial charge is 0.238 e. The Balaban J connectivity index is 1.48. The Morgan fingerprint density at radius 3 is 2.48 bits per heavy atom. The molecule has 0 aliphatic rings. The number of hydrogen-bond acceptors (Lipinski definition) is 6. The molecule has 1 aromatic heterocycles. The Morgan fingerprint density at radius 1 is 1.08 bits per heavy atom. The lowest BCUT2D eigenvalue weighted by molar-refractivity contribution is 0.343. The van der Waals surface area contributed by atoms with Crippen molar-refractivity contribution in [3.63, 3.8) is 0 Å². The van der Waals surface area contributed by atoms with Gasteiger partial charge in [-0.2, -0.15) is 0 Å². The molecule has 0 fully saturated rings. The summed E-state index contributed by atoms with van der Waals surface area (Å²) in [5.41, 5.74) is 0.980. The molecule has 2 aromatic carbocycles. The number of thioether (sulfide) groups is 1. The molecule has 0 bridgehead atoms. The highest BCUT2D eigenvalue weighted by Gasteiger charge is 2.08. The van der Waals surface area contributed by atoms with E-state index >= 15 is 0 Å². The monoisotopic (exact) mass is 376 g/mol. The number of ether oxygens (including phenoxy) is 1. The minimum atomic E-state index is -3.68. The second-order valence-electron chi connectivity index (χ2n) is 5.05. The fourth-order valence-electron chi connectivity index (χ4n) is 2.05. The first-order valence-electron chi connectivity index (χ1n) is 7.39. The lowest BCUT2D eigenvalue weighted by Crippen LogP contribution is -2.11. The quantitative estimate of drug-likeness (QED) is 0.483. The van der Waals surface area contributed by atoms with E-state index in [0.29, 0.717) is 23.3 Å². The molecule has 9 heteroatoms. The molecule has 0 amide bonds. The van der Waals surface area contributed by atoms with Crippen LogP contribution in [0.2, 0.25) is 0 Å². The van der Waals surface area contributed by atoms with E-state index in [1.54, 1.807) is 12.1 Å². The van der Waals surface area contributed by atoms with Gasteiger partial charge in [0.25, 0.3) is 0 Å². The maximum atomic E-state index is 11.2. The van der Waals surface area contributed by atoms with E-state index in [-0.39, 0.29) is 4.90 Å². The average Bonchev–Trinajstić information content (AvgIpc) is 3.08. The highest BCUT2D eigenvalue weighted by atomic mass is 32.2. The van der Waals surface area contributed by atoms with Crippen LogP contribution in [0.15, 0.2) is 64.6 Å². The zero-order chi connectivity index (χ0) is 17.7. The number of aromatic nitrogens is 3. The van der Waals surface area contributed by atoms with E-state index in [4.69, 9.17) is 9.88 Å². The molecular formula is C16H16N4O3S2. The number of nitrogens with one attached hydrogen (secondary N) is 1. The fraction of sp³-hybridized carbons (Fsp3) is 0.125. The number of hydrogen-bond donors (Lipinski definition) is 2. The minimum absolute atomic E-state index is 0.0587. The maximum absolute atomic E-state index is 11.2. The van der Waals surface area contributed by atoms with Gasteiger partial charge in [0.2, 0.25) is 15.2 Å². The van der Waals surface area contributed by atoms with E-state index in [0.717, 1.165) is 11.4 Å². The first kappa shape index (κ1) is 17.5. The number of H-pyrrole nitrogens is 1. The predicted molar refractivity (Wildman–Crippen MR) is 95.9 cm³/mol. The molecule has 25 heavy (non-hydrogen) atoms. The molecule has 7 nitrogen and oxygen atoms in total. The van der Waals surface area contributed by atoms with Crippen molar-refractivity contribution >= 4 is 21.8 Å². The van der Waals surface area contributed by atoms with Crippen molar-refractivity contribution in [1.29, 1.82) is 0 Å². The summed E-state index contributed by atoms with van der Waals surface area (Å²) in [5.74, 6) is 1.96. The summed E-state index contributed by atoms with van der Waals surface area (Å²) in [4.78, 5) is 4.48. The molecule has 0 radical (unpaired) electrons. The third kappa shape index (κ3) is 4.81. The summed E-state index contributed by atoms with van der Waals surface area (Å²) in [6.45, 7) is 0.439. The van der Waals surface area contributed by atoms with Crippen LogP contribution in [0.5, 0.6) is 5.75 Å². The third-order valence-corrected chi connectivity index (χ3v) is 4.99. The largest absolute Gasteiger partial charge is 0.493 e. The molecule has 0 atom stereocenters. The molecule has 3 rings (SSSR count). The Bertz CT molecular complexity index is 926. The van der Waals surface area contributed by atoms with Crippen molar-refractivity contribution in [1.82, 2.24) is 15.2 Å². The van der Waals surface area contributed by atoms with E-state index < -0.39 is 10.0 Å². The number of rotatable bonds is 7. The maximum Gasteiger partial charge on any atom is 0.238 e. The molecule has 3 N–H and O–H groups in total. The summed E-state index contributed by atoms with van der Waals surface area (Å²) in [6.07, 6.45) is 0.